The minimum atomic E-state index is -3.73. The van der Waals surface area contributed by atoms with E-state index in [1.54, 1.807) is 17.8 Å². The van der Waals surface area contributed by atoms with Crippen LogP contribution >= 0.6 is 11.3 Å². The number of nitrogens with one attached hydrogen (secondary N) is 1. The predicted molar refractivity (Wildman–Crippen MR) is 80.8 cm³/mol. The van der Waals surface area contributed by atoms with Gasteiger partial charge in [-0.1, -0.05) is 6.92 Å². The Labute approximate surface area is 123 Å². The van der Waals surface area contributed by atoms with Gasteiger partial charge in [0.1, 0.15) is 0 Å². The molecule has 3 N–H and O–H groups in total. The van der Waals surface area contributed by atoms with Crippen LogP contribution in [0.25, 0.3) is 4.96 Å². The van der Waals surface area contributed by atoms with E-state index in [2.05, 4.69) is 9.71 Å². The summed E-state index contributed by atoms with van der Waals surface area (Å²) in [5.74, 6) is -0.0172. The summed E-state index contributed by atoms with van der Waals surface area (Å²) in [6.45, 7) is 2.02. The van der Waals surface area contributed by atoms with Gasteiger partial charge in [-0.05, 0) is 6.42 Å². The summed E-state index contributed by atoms with van der Waals surface area (Å²) in [6.07, 6.45) is 3.71. The van der Waals surface area contributed by atoms with Gasteiger partial charge in [0.15, 0.2) is 15.8 Å². The van der Waals surface area contributed by atoms with Crippen molar-refractivity contribution in [2.24, 2.45) is 0 Å². The van der Waals surface area contributed by atoms with Gasteiger partial charge in [-0.2, -0.15) is 0 Å². The second-order valence-corrected chi connectivity index (χ2v) is 8.71. The van der Waals surface area contributed by atoms with Crippen molar-refractivity contribution >= 4 is 42.9 Å². The number of sulfonamides is 1. The summed E-state index contributed by atoms with van der Waals surface area (Å²) in [4.78, 5) is 4.54. The third-order valence-corrected chi connectivity index (χ3v) is 6.53. The van der Waals surface area contributed by atoms with E-state index in [0.717, 1.165) is 0 Å². The molecule has 20 heavy (non-hydrogen) atoms. The number of nitrogen functional groups attached to an aromatic ring is 1. The first-order chi connectivity index (χ1) is 9.33. The molecule has 2 heterocycles. The van der Waals surface area contributed by atoms with E-state index in [0.29, 0.717) is 11.4 Å². The molecule has 0 spiro atoms. The fraction of sp³-hybridized carbons (Fsp3) is 0.500. The number of imidazole rings is 1. The average molecular weight is 336 g/mol. The number of anilines is 1. The van der Waals surface area contributed by atoms with Gasteiger partial charge in [0, 0.05) is 40.4 Å². The first-order valence-corrected chi connectivity index (χ1v) is 9.84. The van der Waals surface area contributed by atoms with E-state index in [4.69, 9.17) is 5.73 Å². The van der Waals surface area contributed by atoms with Crippen LogP contribution in [0.5, 0.6) is 0 Å². The van der Waals surface area contributed by atoms with Gasteiger partial charge in [0.2, 0.25) is 0 Å². The Bertz CT molecular complexity index is 734. The van der Waals surface area contributed by atoms with Crippen molar-refractivity contribution in [3.63, 3.8) is 0 Å². The molecule has 0 aliphatic heterocycles. The highest BCUT2D eigenvalue weighted by molar-refractivity contribution is 7.89. The molecule has 2 aromatic rings. The molecule has 0 radical (unpaired) electrons. The number of hydrogen-bond acceptors (Lipinski definition) is 6. The van der Waals surface area contributed by atoms with Crippen molar-refractivity contribution < 1.29 is 12.6 Å². The molecule has 0 saturated heterocycles. The second-order valence-electron chi connectivity index (χ2n) is 4.35. The molecule has 2 aromatic heterocycles. The van der Waals surface area contributed by atoms with E-state index in [1.807, 2.05) is 6.92 Å². The topological polar surface area (TPSA) is 107 Å². The van der Waals surface area contributed by atoms with Crippen molar-refractivity contribution in [2.75, 3.05) is 18.5 Å². The van der Waals surface area contributed by atoms with Crippen molar-refractivity contribution in [1.29, 1.82) is 0 Å². The van der Waals surface area contributed by atoms with Crippen LogP contribution in [0, 0.1) is 0 Å². The molecular weight excluding hydrogens is 320 g/mol. The monoisotopic (exact) mass is 336 g/mol. The lowest BCUT2D eigenvalue weighted by molar-refractivity contribution is 0.573. The minimum Gasteiger partial charge on any atom is -0.381 e. The van der Waals surface area contributed by atoms with Gasteiger partial charge >= 0.3 is 0 Å². The van der Waals surface area contributed by atoms with E-state index < -0.39 is 20.8 Å². The summed E-state index contributed by atoms with van der Waals surface area (Å²) in [5.41, 5.74) is 5.67. The zero-order valence-electron chi connectivity index (χ0n) is 11.1. The minimum absolute atomic E-state index is 0.0172. The van der Waals surface area contributed by atoms with Crippen LogP contribution in [-0.4, -0.2) is 40.1 Å². The summed E-state index contributed by atoms with van der Waals surface area (Å²) in [5, 5.41) is 1.63. The molecule has 7 nitrogen and oxygen atoms in total. The number of rotatable bonds is 6. The highest BCUT2D eigenvalue weighted by Gasteiger charge is 2.24. The summed E-state index contributed by atoms with van der Waals surface area (Å²) < 4.78 is 39.7. The molecule has 2 atom stereocenters. The maximum Gasteiger partial charge on any atom is 0.260 e. The van der Waals surface area contributed by atoms with E-state index in [-0.39, 0.29) is 22.6 Å². The largest absolute Gasteiger partial charge is 0.381 e. The number of fused-ring (bicyclic) bond motifs is 1. The highest BCUT2D eigenvalue weighted by atomic mass is 32.2. The quantitative estimate of drug-likeness (QED) is 0.795. The van der Waals surface area contributed by atoms with Gasteiger partial charge in [-0.3, -0.25) is 8.61 Å². The van der Waals surface area contributed by atoms with Gasteiger partial charge in [-0.15, -0.1) is 11.3 Å². The maximum absolute atomic E-state index is 12.3. The molecule has 0 aromatic carbocycles. The molecular formula is C10H16N4O3S3. The lowest BCUT2D eigenvalue weighted by Crippen LogP contribution is -2.29. The van der Waals surface area contributed by atoms with Gasteiger partial charge in [0.25, 0.3) is 10.0 Å². The smallest absolute Gasteiger partial charge is 0.260 e. The molecule has 0 aliphatic carbocycles. The van der Waals surface area contributed by atoms with Gasteiger partial charge in [-0.25, -0.2) is 18.1 Å². The Hall–Kier alpha value is -0.970. The van der Waals surface area contributed by atoms with Crippen LogP contribution in [0.15, 0.2) is 16.6 Å². The van der Waals surface area contributed by atoms with Crippen LogP contribution in [0.2, 0.25) is 0 Å². The molecule has 10 heteroatoms. The molecule has 112 valence electrons. The second kappa shape index (κ2) is 5.80. The lowest BCUT2D eigenvalue weighted by Gasteiger charge is -2.09. The van der Waals surface area contributed by atoms with E-state index >= 15 is 0 Å². The van der Waals surface area contributed by atoms with Crippen LogP contribution in [0.4, 0.5) is 5.82 Å². The fourth-order valence-electron chi connectivity index (χ4n) is 1.68. The van der Waals surface area contributed by atoms with Gasteiger partial charge in [0.05, 0.1) is 0 Å². The zero-order valence-corrected chi connectivity index (χ0v) is 13.5. The predicted octanol–water partition coefficient (Wildman–Crippen LogP) is 0.413. The van der Waals surface area contributed by atoms with E-state index in [1.165, 1.54) is 15.7 Å². The summed E-state index contributed by atoms with van der Waals surface area (Å²) >= 11 is 1.31. The number of thiazole rings is 1. The van der Waals surface area contributed by atoms with Crippen molar-refractivity contribution in [2.45, 2.75) is 23.6 Å². The van der Waals surface area contributed by atoms with E-state index in [9.17, 15) is 12.6 Å². The Morgan fingerprint density at radius 1 is 1.60 bits per heavy atom. The third-order valence-electron chi connectivity index (χ3n) is 2.91. The van der Waals surface area contributed by atoms with Crippen LogP contribution in [0.1, 0.15) is 13.3 Å². The SMILES string of the molecule is CC(CCNS(=O)(=O)c1c(N)nc2sccn12)S(C)=O. The number of aromatic nitrogens is 2. The highest BCUT2D eigenvalue weighted by Crippen LogP contribution is 2.23. The molecule has 0 aliphatic rings. The fourth-order valence-corrected chi connectivity index (χ4v) is 4.16. The number of nitrogens with two attached hydrogens (primary N) is 1. The van der Waals surface area contributed by atoms with Crippen molar-refractivity contribution in [1.82, 2.24) is 14.1 Å². The average Bonchev–Trinajstić information content (AvgIpc) is 2.87. The third kappa shape index (κ3) is 3.03. The molecule has 0 amide bonds. The first-order valence-electron chi connectivity index (χ1n) is 5.86. The molecule has 0 saturated carbocycles. The Kier molecular flexibility index (Phi) is 4.47. The summed E-state index contributed by atoms with van der Waals surface area (Å²) in [6, 6.07) is 0. The standard InChI is InChI=1S/C10H16N4O3S3/c1-7(19(2)15)3-4-12-20(16,17)9-8(11)13-10-14(9)5-6-18-10/h5-7,12H,3-4,11H2,1-2H3. The van der Waals surface area contributed by atoms with Crippen LogP contribution < -0.4 is 10.5 Å². The molecule has 0 bridgehead atoms. The Balaban J connectivity index is 2.16. The molecule has 0 fully saturated rings. The summed E-state index contributed by atoms with van der Waals surface area (Å²) in [7, 11) is -4.70. The number of hydrogen-bond donors (Lipinski definition) is 2. The van der Waals surface area contributed by atoms with Crippen molar-refractivity contribution in [3.8, 4) is 0 Å². The first kappa shape index (κ1) is 15.4. The molecule has 2 unspecified atom stereocenters. The van der Waals surface area contributed by atoms with Crippen molar-refractivity contribution in [3.05, 3.63) is 11.6 Å². The Morgan fingerprint density at radius 2 is 2.30 bits per heavy atom. The maximum atomic E-state index is 12.3. The normalized spacial score (nSPS) is 15.5. The van der Waals surface area contributed by atoms with Crippen LogP contribution in [0.3, 0.4) is 0 Å². The van der Waals surface area contributed by atoms with Gasteiger partial charge < -0.3 is 5.73 Å². The lowest BCUT2D eigenvalue weighted by atomic mass is 10.3. The molecule has 2 rings (SSSR count). The zero-order chi connectivity index (χ0) is 14.9. The number of nitrogens with zero attached hydrogens (tertiary/aromatic N) is 2. The van der Waals surface area contributed by atoms with Crippen LogP contribution in [-0.2, 0) is 20.8 Å². The Morgan fingerprint density at radius 3 is 2.95 bits per heavy atom.